The van der Waals surface area contributed by atoms with Gasteiger partial charge in [0, 0.05) is 11.6 Å². The summed E-state index contributed by atoms with van der Waals surface area (Å²) in [5, 5.41) is 3.64. The fourth-order valence-corrected chi connectivity index (χ4v) is 1.46. The summed E-state index contributed by atoms with van der Waals surface area (Å²) in [5.74, 6) is 0.719. The summed E-state index contributed by atoms with van der Waals surface area (Å²) in [6.07, 6.45) is 2.03. The maximum absolute atomic E-state index is 11.4. The molecule has 4 heteroatoms. The molecule has 4 nitrogen and oxygen atoms in total. The van der Waals surface area contributed by atoms with Crippen molar-refractivity contribution in [3.05, 3.63) is 11.8 Å². The highest BCUT2D eigenvalue weighted by atomic mass is 16.5. The second-order valence-electron chi connectivity index (χ2n) is 3.19. The van der Waals surface area contributed by atoms with E-state index in [2.05, 4.69) is 5.16 Å². The third kappa shape index (κ3) is 0.841. The molecule has 1 aromatic heterocycles. The maximum atomic E-state index is 11.4. The lowest BCUT2D eigenvalue weighted by molar-refractivity contribution is -0.117. The summed E-state index contributed by atoms with van der Waals surface area (Å²) in [5.41, 5.74) is 0.897. The van der Waals surface area contributed by atoms with Crippen LogP contribution in [0.15, 0.2) is 10.7 Å². The number of nitrogens with zero attached hydrogens (tertiary/aromatic N) is 2. The first kappa shape index (κ1) is 7.34. The summed E-state index contributed by atoms with van der Waals surface area (Å²) in [6.45, 7) is 3.91. The third-order valence-corrected chi connectivity index (χ3v) is 1.97. The second kappa shape index (κ2) is 2.33. The van der Waals surface area contributed by atoms with Crippen LogP contribution >= 0.6 is 0 Å². The number of carbonyl (C=O) groups is 1. The van der Waals surface area contributed by atoms with Crippen molar-refractivity contribution in [2.45, 2.75) is 26.3 Å². The molecular weight excluding hydrogens is 156 g/mol. The zero-order valence-corrected chi connectivity index (χ0v) is 7.07. The smallest absolute Gasteiger partial charge is 0.237 e. The number of hydrogen-bond donors (Lipinski definition) is 0. The molecule has 1 aliphatic rings. The summed E-state index contributed by atoms with van der Waals surface area (Å²) < 4.78 is 4.98. The Morgan fingerprint density at radius 3 is 3.08 bits per heavy atom. The Bertz CT molecular complexity index is 317. The van der Waals surface area contributed by atoms with Crippen LogP contribution in [-0.4, -0.2) is 17.1 Å². The van der Waals surface area contributed by atoms with Crippen molar-refractivity contribution in [2.24, 2.45) is 0 Å². The van der Waals surface area contributed by atoms with Gasteiger partial charge >= 0.3 is 0 Å². The standard InChI is InChI=1S/C8H10N2O2/c1-5(2)10-7(11)3-6-4-9-12-8(6)10/h4-5H,3H2,1-2H3. The Labute approximate surface area is 70.1 Å². The molecule has 1 aliphatic heterocycles. The summed E-state index contributed by atoms with van der Waals surface area (Å²) in [7, 11) is 0. The van der Waals surface area contributed by atoms with Crippen LogP contribution in [0.2, 0.25) is 0 Å². The van der Waals surface area contributed by atoms with Crippen molar-refractivity contribution in [1.29, 1.82) is 0 Å². The second-order valence-corrected chi connectivity index (χ2v) is 3.19. The molecule has 64 valence electrons. The van der Waals surface area contributed by atoms with E-state index < -0.39 is 0 Å². The van der Waals surface area contributed by atoms with Gasteiger partial charge < -0.3 is 4.52 Å². The monoisotopic (exact) mass is 166 g/mol. The molecule has 0 bridgehead atoms. The van der Waals surface area contributed by atoms with Crippen molar-refractivity contribution in [2.75, 3.05) is 4.90 Å². The number of fused-ring (bicyclic) bond motifs is 1. The highest BCUT2D eigenvalue weighted by molar-refractivity contribution is 5.99. The highest BCUT2D eigenvalue weighted by Crippen LogP contribution is 2.29. The van der Waals surface area contributed by atoms with E-state index >= 15 is 0 Å². The van der Waals surface area contributed by atoms with E-state index in [0.29, 0.717) is 12.3 Å². The Morgan fingerprint density at radius 2 is 2.42 bits per heavy atom. The Kier molecular flexibility index (Phi) is 1.43. The molecule has 2 rings (SSSR count). The van der Waals surface area contributed by atoms with E-state index in [0.717, 1.165) is 5.56 Å². The van der Waals surface area contributed by atoms with Crippen molar-refractivity contribution in [3.8, 4) is 0 Å². The van der Waals surface area contributed by atoms with Gasteiger partial charge in [-0.15, -0.1) is 0 Å². The molecule has 0 radical (unpaired) electrons. The Balaban J connectivity index is 2.42. The SMILES string of the molecule is CC(C)N1C(=O)Cc2cnoc21. The lowest BCUT2D eigenvalue weighted by Gasteiger charge is -2.17. The summed E-state index contributed by atoms with van der Waals surface area (Å²) in [6, 6.07) is 0.145. The van der Waals surface area contributed by atoms with Crippen molar-refractivity contribution >= 4 is 11.8 Å². The first-order valence-electron chi connectivity index (χ1n) is 3.95. The summed E-state index contributed by atoms with van der Waals surface area (Å²) >= 11 is 0. The lowest BCUT2D eigenvalue weighted by atomic mass is 10.3. The van der Waals surface area contributed by atoms with Crippen LogP contribution in [0.25, 0.3) is 0 Å². The number of hydrogen-bond acceptors (Lipinski definition) is 3. The predicted octanol–water partition coefficient (Wildman–Crippen LogP) is 0.972. The van der Waals surface area contributed by atoms with Crippen LogP contribution in [0.1, 0.15) is 19.4 Å². The van der Waals surface area contributed by atoms with Crippen LogP contribution in [0, 0.1) is 0 Å². The molecule has 0 saturated carbocycles. The Morgan fingerprint density at radius 1 is 1.67 bits per heavy atom. The average Bonchev–Trinajstić information content (AvgIpc) is 2.44. The number of aromatic nitrogens is 1. The van der Waals surface area contributed by atoms with Gasteiger partial charge in [0.25, 0.3) is 0 Å². The fraction of sp³-hybridized carbons (Fsp3) is 0.500. The van der Waals surface area contributed by atoms with Gasteiger partial charge in [-0.3, -0.25) is 9.69 Å². The molecule has 0 fully saturated rings. The van der Waals surface area contributed by atoms with Crippen LogP contribution < -0.4 is 4.90 Å². The van der Waals surface area contributed by atoms with Crippen molar-refractivity contribution < 1.29 is 9.32 Å². The number of carbonyl (C=O) groups excluding carboxylic acids is 1. The normalized spacial score (nSPS) is 15.9. The Hall–Kier alpha value is -1.32. The number of anilines is 1. The topological polar surface area (TPSA) is 46.3 Å². The molecule has 1 aromatic rings. The van der Waals surface area contributed by atoms with E-state index in [1.54, 1.807) is 11.1 Å². The van der Waals surface area contributed by atoms with Gasteiger partial charge in [-0.1, -0.05) is 5.16 Å². The van der Waals surface area contributed by atoms with Gasteiger partial charge in [0.15, 0.2) is 0 Å². The maximum Gasteiger partial charge on any atom is 0.237 e. The lowest BCUT2D eigenvalue weighted by Crippen LogP contribution is -2.33. The van der Waals surface area contributed by atoms with Gasteiger partial charge in [0.2, 0.25) is 11.8 Å². The first-order chi connectivity index (χ1) is 5.70. The van der Waals surface area contributed by atoms with Crippen LogP contribution in [0.4, 0.5) is 5.88 Å². The van der Waals surface area contributed by atoms with Crippen LogP contribution in [-0.2, 0) is 11.2 Å². The van der Waals surface area contributed by atoms with E-state index in [-0.39, 0.29) is 11.9 Å². The van der Waals surface area contributed by atoms with Crippen molar-refractivity contribution in [3.63, 3.8) is 0 Å². The zero-order valence-electron chi connectivity index (χ0n) is 7.07. The molecule has 1 amide bonds. The molecule has 0 aromatic carbocycles. The fourth-order valence-electron chi connectivity index (χ4n) is 1.46. The number of amides is 1. The minimum absolute atomic E-state index is 0.0983. The number of rotatable bonds is 1. The minimum Gasteiger partial charge on any atom is -0.338 e. The summed E-state index contributed by atoms with van der Waals surface area (Å²) in [4.78, 5) is 13.0. The molecule has 0 atom stereocenters. The molecular formula is C8H10N2O2. The van der Waals surface area contributed by atoms with E-state index in [9.17, 15) is 4.79 Å². The molecule has 0 aliphatic carbocycles. The molecule has 0 unspecified atom stereocenters. The zero-order chi connectivity index (χ0) is 8.72. The predicted molar refractivity (Wildman–Crippen MR) is 42.8 cm³/mol. The van der Waals surface area contributed by atoms with Gasteiger partial charge in [-0.25, -0.2) is 0 Å². The quantitative estimate of drug-likeness (QED) is 0.624. The molecule has 0 spiro atoms. The first-order valence-corrected chi connectivity index (χ1v) is 3.95. The average molecular weight is 166 g/mol. The minimum atomic E-state index is 0.0983. The molecule has 12 heavy (non-hydrogen) atoms. The molecule has 2 heterocycles. The van der Waals surface area contributed by atoms with Gasteiger partial charge in [0.1, 0.15) is 0 Å². The van der Waals surface area contributed by atoms with E-state index in [1.165, 1.54) is 0 Å². The highest BCUT2D eigenvalue weighted by Gasteiger charge is 2.32. The molecule has 0 saturated heterocycles. The third-order valence-electron chi connectivity index (χ3n) is 1.97. The van der Waals surface area contributed by atoms with Gasteiger partial charge in [0.05, 0.1) is 12.6 Å². The molecule has 0 N–H and O–H groups in total. The largest absolute Gasteiger partial charge is 0.338 e. The van der Waals surface area contributed by atoms with Crippen molar-refractivity contribution in [1.82, 2.24) is 5.16 Å². The van der Waals surface area contributed by atoms with Gasteiger partial charge in [-0.2, -0.15) is 0 Å². The van der Waals surface area contributed by atoms with E-state index in [1.807, 2.05) is 13.8 Å². The van der Waals surface area contributed by atoms with Crippen LogP contribution in [0.3, 0.4) is 0 Å². The van der Waals surface area contributed by atoms with Gasteiger partial charge in [-0.05, 0) is 13.8 Å². The van der Waals surface area contributed by atoms with E-state index in [4.69, 9.17) is 4.52 Å². The van der Waals surface area contributed by atoms with Crippen LogP contribution in [0.5, 0.6) is 0 Å².